The van der Waals surface area contributed by atoms with E-state index in [1.165, 1.54) is 32.4 Å². The third-order valence-corrected chi connectivity index (χ3v) is 2.52. The van der Waals surface area contributed by atoms with E-state index < -0.39 is 0 Å². The van der Waals surface area contributed by atoms with Crippen LogP contribution >= 0.6 is 0 Å². The van der Waals surface area contributed by atoms with Crippen molar-refractivity contribution < 1.29 is 0 Å². The molecule has 1 fully saturated rings. The maximum atomic E-state index is 3.28. The molecule has 1 N–H and O–H groups in total. The van der Waals surface area contributed by atoms with Gasteiger partial charge in [-0.15, -0.1) is 0 Å². The van der Waals surface area contributed by atoms with Gasteiger partial charge in [-0.3, -0.25) is 0 Å². The molecule has 2 aliphatic carbocycles. The molecule has 88 valence electrons. The molecule has 1 heteroatoms. The first-order chi connectivity index (χ1) is 8.00. The summed E-state index contributed by atoms with van der Waals surface area (Å²) in [7, 11) is 0. The molecule has 0 bridgehead atoms. The second-order valence-corrected chi connectivity index (χ2v) is 3.99. The first kappa shape index (κ1) is 13.0. The van der Waals surface area contributed by atoms with Crippen LogP contribution in [0.5, 0.6) is 0 Å². The van der Waals surface area contributed by atoms with Crippen LogP contribution in [0, 0.1) is 0 Å². The summed E-state index contributed by atoms with van der Waals surface area (Å²) in [6.07, 6.45) is 23.2. The molecule has 3 aliphatic rings. The zero-order valence-electron chi connectivity index (χ0n) is 10.1. The Morgan fingerprint density at radius 1 is 0.562 bits per heavy atom. The Morgan fingerprint density at radius 2 is 1.00 bits per heavy atom. The number of allylic oxidation sites excluding steroid dienone is 8. The van der Waals surface area contributed by atoms with Gasteiger partial charge in [0.25, 0.3) is 0 Å². The van der Waals surface area contributed by atoms with Crippen LogP contribution in [0.3, 0.4) is 0 Å². The SMILES string of the molecule is C1=CCC=C1.C1=CCC=C1.C1CCNCC1. The van der Waals surface area contributed by atoms with Crippen molar-refractivity contribution in [1.29, 1.82) is 0 Å². The summed E-state index contributed by atoms with van der Waals surface area (Å²) in [4.78, 5) is 0. The normalized spacial score (nSPS) is 20.0. The van der Waals surface area contributed by atoms with Crippen molar-refractivity contribution in [2.75, 3.05) is 13.1 Å². The van der Waals surface area contributed by atoms with Crippen molar-refractivity contribution in [3.05, 3.63) is 48.6 Å². The smallest absolute Gasteiger partial charge is 0.00489 e. The standard InChI is InChI=1S/C5H11N.2C5H6/c1-2-4-6-5-3-1;2*1-2-4-5-3-1/h6H,1-5H2;2*1-4H,5H2. The van der Waals surface area contributed by atoms with E-state index in [-0.39, 0.29) is 0 Å². The Labute approximate surface area is 99.6 Å². The third-order valence-electron chi connectivity index (χ3n) is 2.52. The predicted molar refractivity (Wildman–Crippen MR) is 72.5 cm³/mol. The van der Waals surface area contributed by atoms with Gasteiger partial charge in [-0.1, -0.05) is 55.0 Å². The molecule has 0 amide bonds. The number of hydrogen-bond donors (Lipinski definition) is 1. The molecule has 3 rings (SSSR count). The molecule has 1 heterocycles. The molecular weight excluding hydrogens is 194 g/mol. The Bertz CT molecular complexity index is 201. The Morgan fingerprint density at radius 3 is 1.12 bits per heavy atom. The molecule has 1 aliphatic heterocycles. The summed E-state index contributed by atoms with van der Waals surface area (Å²) >= 11 is 0. The molecule has 0 aromatic rings. The van der Waals surface area contributed by atoms with Gasteiger partial charge in [-0.25, -0.2) is 0 Å². The molecule has 1 saturated heterocycles. The van der Waals surface area contributed by atoms with Crippen LogP contribution in [0.2, 0.25) is 0 Å². The molecule has 0 atom stereocenters. The van der Waals surface area contributed by atoms with E-state index in [1.807, 2.05) is 0 Å². The van der Waals surface area contributed by atoms with Gasteiger partial charge >= 0.3 is 0 Å². The summed E-state index contributed by atoms with van der Waals surface area (Å²) in [6, 6.07) is 0. The lowest BCUT2D eigenvalue weighted by Gasteiger charge is -2.08. The number of piperidine rings is 1. The highest BCUT2D eigenvalue weighted by Crippen LogP contribution is 1.96. The van der Waals surface area contributed by atoms with Crippen LogP contribution in [0.4, 0.5) is 0 Å². The van der Waals surface area contributed by atoms with Gasteiger partial charge in [-0.05, 0) is 38.8 Å². The zero-order chi connectivity index (χ0) is 11.3. The fourth-order valence-corrected chi connectivity index (χ4v) is 1.59. The maximum Gasteiger partial charge on any atom is -0.00489 e. The number of nitrogens with one attached hydrogen (secondary N) is 1. The first-order valence-corrected chi connectivity index (χ1v) is 6.34. The van der Waals surface area contributed by atoms with Gasteiger partial charge in [0.15, 0.2) is 0 Å². The Hall–Kier alpha value is -1.08. The maximum absolute atomic E-state index is 3.28. The van der Waals surface area contributed by atoms with Gasteiger partial charge in [0.1, 0.15) is 0 Å². The lowest BCUT2D eigenvalue weighted by atomic mass is 10.2. The molecule has 0 radical (unpaired) electrons. The second-order valence-electron chi connectivity index (χ2n) is 3.99. The minimum Gasteiger partial charge on any atom is -0.317 e. The van der Waals surface area contributed by atoms with Crippen molar-refractivity contribution in [3.8, 4) is 0 Å². The summed E-state index contributed by atoms with van der Waals surface area (Å²) in [6.45, 7) is 2.50. The highest BCUT2D eigenvalue weighted by molar-refractivity contribution is 5.12. The van der Waals surface area contributed by atoms with E-state index in [9.17, 15) is 0 Å². The van der Waals surface area contributed by atoms with E-state index in [4.69, 9.17) is 0 Å². The van der Waals surface area contributed by atoms with Gasteiger partial charge in [0.2, 0.25) is 0 Å². The van der Waals surface area contributed by atoms with Gasteiger partial charge < -0.3 is 5.32 Å². The molecule has 0 aromatic carbocycles. The highest BCUT2D eigenvalue weighted by Gasteiger charge is 1.93. The zero-order valence-corrected chi connectivity index (χ0v) is 10.1. The van der Waals surface area contributed by atoms with Crippen LogP contribution in [-0.4, -0.2) is 13.1 Å². The van der Waals surface area contributed by atoms with E-state index in [0.29, 0.717) is 0 Å². The molecule has 0 spiro atoms. The van der Waals surface area contributed by atoms with Crippen LogP contribution in [0.15, 0.2) is 48.6 Å². The van der Waals surface area contributed by atoms with Crippen molar-refractivity contribution in [2.24, 2.45) is 0 Å². The topological polar surface area (TPSA) is 12.0 Å². The fraction of sp³-hybridized carbons (Fsp3) is 0.467. The Balaban J connectivity index is 0.000000121. The monoisotopic (exact) mass is 217 g/mol. The molecule has 1 nitrogen and oxygen atoms in total. The fourth-order valence-electron chi connectivity index (χ4n) is 1.59. The van der Waals surface area contributed by atoms with Gasteiger partial charge in [0.05, 0.1) is 0 Å². The van der Waals surface area contributed by atoms with Crippen LogP contribution in [0.1, 0.15) is 32.1 Å². The minimum absolute atomic E-state index is 1.14. The van der Waals surface area contributed by atoms with Crippen molar-refractivity contribution in [1.82, 2.24) is 5.32 Å². The van der Waals surface area contributed by atoms with Crippen molar-refractivity contribution >= 4 is 0 Å². The summed E-state index contributed by atoms with van der Waals surface area (Å²) < 4.78 is 0. The van der Waals surface area contributed by atoms with Crippen LogP contribution < -0.4 is 5.32 Å². The lowest BCUT2D eigenvalue weighted by molar-refractivity contribution is 0.520. The quantitative estimate of drug-likeness (QED) is 0.651. The van der Waals surface area contributed by atoms with Gasteiger partial charge in [0, 0.05) is 0 Å². The third kappa shape index (κ3) is 8.25. The highest BCUT2D eigenvalue weighted by atomic mass is 14.9. The summed E-state index contributed by atoms with van der Waals surface area (Å²) in [5.41, 5.74) is 0. The predicted octanol–water partition coefficient (Wildman–Crippen LogP) is 3.76. The summed E-state index contributed by atoms with van der Waals surface area (Å²) in [5.74, 6) is 0. The van der Waals surface area contributed by atoms with Crippen LogP contribution in [0.25, 0.3) is 0 Å². The molecule has 16 heavy (non-hydrogen) atoms. The second kappa shape index (κ2) is 10.4. The largest absolute Gasteiger partial charge is 0.317 e. The molecule has 0 unspecified atom stereocenters. The molecular formula is C15H23N. The van der Waals surface area contributed by atoms with E-state index in [0.717, 1.165) is 12.8 Å². The first-order valence-electron chi connectivity index (χ1n) is 6.34. The number of hydrogen-bond acceptors (Lipinski definition) is 1. The average Bonchev–Trinajstić information content (AvgIpc) is 3.10. The van der Waals surface area contributed by atoms with Crippen molar-refractivity contribution in [2.45, 2.75) is 32.1 Å². The number of rotatable bonds is 0. The van der Waals surface area contributed by atoms with E-state index >= 15 is 0 Å². The van der Waals surface area contributed by atoms with Crippen LogP contribution in [-0.2, 0) is 0 Å². The van der Waals surface area contributed by atoms with E-state index in [2.05, 4.69) is 53.9 Å². The molecule has 0 saturated carbocycles. The average molecular weight is 217 g/mol. The summed E-state index contributed by atoms with van der Waals surface area (Å²) in [5, 5.41) is 3.28. The van der Waals surface area contributed by atoms with Crippen molar-refractivity contribution in [3.63, 3.8) is 0 Å². The van der Waals surface area contributed by atoms with E-state index in [1.54, 1.807) is 0 Å². The lowest BCUT2D eigenvalue weighted by Crippen LogP contribution is -2.21. The molecule has 0 aromatic heterocycles. The Kier molecular flexibility index (Phi) is 8.47. The minimum atomic E-state index is 1.14. The van der Waals surface area contributed by atoms with Gasteiger partial charge in [-0.2, -0.15) is 0 Å².